The van der Waals surface area contributed by atoms with E-state index in [0.29, 0.717) is 13.2 Å². The molecule has 2 aliphatic rings. The molecule has 0 radical (unpaired) electrons. The van der Waals surface area contributed by atoms with Crippen LogP contribution >= 0.6 is 12.4 Å². The summed E-state index contributed by atoms with van der Waals surface area (Å²) in [5.41, 5.74) is 2.11. The maximum absolute atomic E-state index is 12.6. The number of carbonyl (C=O) groups is 1. The summed E-state index contributed by atoms with van der Waals surface area (Å²) in [6.07, 6.45) is 3.23. The molecule has 1 aromatic carbocycles. The Morgan fingerprint density at radius 2 is 2.08 bits per heavy atom. The predicted molar refractivity (Wildman–Crippen MR) is 97.1 cm³/mol. The molecule has 3 rings (SSSR count). The van der Waals surface area contributed by atoms with Gasteiger partial charge >= 0.3 is 0 Å². The van der Waals surface area contributed by atoms with Crippen molar-refractivity contribution in [2.45, 2.75) is 26.2 Å². The first-order chi connectivity index (χ1) is 11.1. The van der Waals surface area contributed by atoms with Gasteiger partial charge in [0, 0.05) is 13.0 Å². The van der Waals surface area contributed by atoms with Crippen LogP contribution in [-0.4, -0.2) is 39.3 Å². The average molecular weight is 355 g/mol. The molecule has 6 heteroatoms. The fourth-order valence-corrected chi connectivity index (χ4v) is 3.50. The second-order valence-electron chi connectivity index (χ2n) is 6.70. The first-order valence-corrected chi connectivity index (χ1v) is 8.39. The molecular weight excluding hydrogens is 328 g/mol. The maximum atomic E-state index is 12.6. The highest BCUT2D eigenvalue weighted by Crippen LogP contribution is 2.58. The van der Waals surface area contributed by atoms with Gasteiger partial charge in [0.2, 0.25) is 5.91 Å². The first kappa shape index (κ1) is 19.0. The third-order valence-electron chi connectivity index (χ3n) is 5.05. The largest absolute Gasteiger partial charge is 0.489 e. The van der Waals surface area contributed by atoms with Crippen LogP contribution < -0.4 is 15.4 Å². The Morgan fingerprint density at radius 3 is 2.79 bits per heavy atom. The van der Waals surface area contributed by atoms with Crippen LogP contribution in [0.3, 0.4) is 0 Å². The quantitative estimate of drug-likeness (QED) is 0.771. The molecule has 1 aromatic rings. The number of halogens is 1. The smallest absolute Gasteiger partial charge is 0.228 e. The van der Waals surface area contributed by atoms with E-state index >= 15 is 0 Å². The molecule has 2 fully saturated rings. The summed E-state index contributed by atoms with van der Waals surface area (Å²) in [7, 11) is 1.65. The van der Waals surface area contributed by atoms with Crippen LogP contribution in [0, 0.1) is 18.3 Å². The zero-order valence-corrected chi connectivity index (χ0v) is 15.2. The van der Waals surface area contributed by atoms with Crippen LogP contribution in [-0.2, 0) is 9.53 Å². The van der Waals surface area contributed by atoms with Crippen LogP contribution in [0.2, 0.25) is 0 Å². The maximum Gasteiger partial charge on any atom is 0.228 e. The van der Waals surface area contributed by atoms with Crippen LogP contribution in [0.4, 0.5) is 5.69 Å². The Hall–Kier alpha value is -1.30. The van der Waals surface area contributed by atoms with E-state index < -0.39 is 0 Å². The van der Waals surface area contributed by atoms with Gasteiger partial charge in [0.05, 0.1) is 12.3 Å². The minimum absolute atomic E-state index is 0. The van der Waals surface area contributed by atoms with Gasteiger partial charge < -0.3 is 20.1 Å². The number of methoxy groups -OCH3 is 1. The zero-order chi connectivity index (χ0) is 16.3. The lowest BCUT2D eigenvalue weighted by molar-refractivity contribution is -0.118. The normalized spacial score (nSPS) is 21.0. The standard InChI is InChI=1S/C18H26N2O3.ClH/c1-13-3-4-15(16(11-13)23-10-9-22-2)20-17(21)14-12-18(14)5-7-19-8-6-18;/h3-4,11,14,19H,5-10,12H2,1-2H3,(H,20,21);1H. The topological polar surface area (TPSA) is 59.6 Å². The number of hydrogen-bond acceptors (Lipinski definition) is 4. The van der Waals surface area contributed by atoms with Crippen molar-refractivity contribution in [1.82, 2.24) is 5.32 Å². The van der Waals surface area contributed by atoms with Crippen molar-refractivity contribution in [3.63, 3.8) is 0 Å². The van der Waals surface area contributed by atoms with Gasteiger partial charge in [-0.3, -0.25) is 4.79 Å². The highest BCUT2D eigenvalue weighted by molar-refractivity contribution is 5.96. The van der Waals surface area contributed by atoms with Crippen LogP contribution in [0.1, 0.15) is 24.8 Å². The molecule has 0 bridgehead atoms. The van der Waals surface area contributed by atoms with Gasteiger partial charge in [-0.25, -0.2) is 0 Å². The summed E-state index contributed by atoms with van der Waals surface area (Å²) < 4.78 is 10.8. The number of rotatable bonds is 6. The molecule has 1 saturated heterocycles. The summed E-state index contributed by atoms with van der Waals surface area (Å²) in [5.74, 6) is 1.00. The van der Waals surface area contributed by atoms with Gasteiger partial charge in [0.15, 0.2) is 0 Å². The highest BCUT2D eigenvalue weighted by Gasteiger charge is 2.57. The Labute approximate surface area is 149 Å². The molecule has 1 aliphatic heterocycles. The SMILES string of the molecule is COCCOc1cc(C)ccc1NC(=O)C1CC12CCNCC2.Cl. The van der Waals surface area contributed by atoms with Crippen molar-refractivity contribution in [2.24, 2.45) is 11.3 Å². The molecular formula is C18H27ClN2O3. The fraction of sp³-hybridized carbons (Fsp3) is 0.611. The number of aryl methyl sites for hydroxylation is 1. The molecule has 1 atom stereocenters. The second kappa shape index (κ2) is 8.19. The summed E-state index contributed by atoms with van der Waals surface area (Å²) in [5, 5.41) is 6.44. The minimum atomic E-state index is 0. The van der Waals surface area contributed by atoms with Crippen molar-refractivity contribution in [3.8, 4) is 5.75 Å². The summed E-state index contributed by atoms with van der Waals surface area (Å²) in [6.45, 7) is 5.07. The fourth-order valence-electron chi connectivity index (χ4n) is 3.50. The van der Waals surface area contributed by atoms with Gasteiger partial charge in [-0.15, -0.1) is 12.4 Å². The van der Waals surface area contributed by atoms with E-state index in [1.54, 1.807) is 7.11 Å². The first-order valence-electron chi connectivity index (χ1n) is 8.39. The molecule has 1 saturated carbocycles. The molecule has 1 spiro atoms. The van der Waals surface area contributed by atoms with Crippen molar-refractivity contribution in [3.05, 3.63) is 23.8 Å². The molecule has 1 unspecified atom stereocenters. The van der Waals surface area contributed by atoms with Crippen molar-refractivity contribution in [2.75, 3.05) is 38.7 Å². The summed E-state index contributed by atoms with van der Waals surface area (Å²) in [6, 6.07) is 5.87. The number of amides is 1. The molecule has 0 aromatic heterocycles. The lowest BCUT2D eigenvalue weighted by atomic mass is 9.92. The van der Waals surface area contributed by atoms with Gasteiger partial charge in [0.25, 0.3) is 0 Å². The van der Waals surface area contributed by atoms with Crippen LogP contribution in [0.25, 0.3) is 0 Å². The van der Waals surface area contributed by atoms with Gasteiger partial charge in [0.1, 0.15) is 12.4 Å². The Morgan fingerprint density at radius 1 is 1.33 bits per heavy atom. The number of ether oxygens (including phenoxy) is 2. The Kier molecular flexibility index (Phi) is 6.49. The van der Waals surface area contributed by atoms with Crippen LogP contribution in [0.15, 0.2) is 18.2 Å². The van der Waals surface area contributed by atoms with E-state index in [0.717, 1.165) is 49.4 Å². The van der Waals surface area contributed by atoms with E-state index in [9.17, 15) is 4.79 Å². The molecule has 5 nitrogen and oxygen atoms in total. The molecule has 2 N–H and O–H groups in total. The highest BCUT2D eigenvalue weighted by atomic mass is 35.5. The Balaban J connectivity index is 0.00000208. The third kappa shape index (κ3) is 4.21. The van der Waals surface area contributed by atoms with Gasteiger partial charge in [-0.05, 0) is 62.4 Å². The molecule has 24 heavy (non-hydrogen) atoms. The van der Waals surface area contributed by atoms with E-state index in [1.807, 2.05) is 25.1 Å². The summed E-state index contributed by atoms with van der Waals surface area (Å²) >= 11 is 0. The zero-order valence-electron chi connectivity index (χ0n) is 14.4. The molecule has 134 valence electrons. The van der Waals surface area contributed by atoms with Crippen LogP contribution in [0.5, 0.6) is 5.75 Å². The van der Waals surface area contributed by atoms with Crippen molar-refractivity contribution < 1.29 is 14.3 Å². The lowest BCUT2D eigenvalue weighted by Gasteiger charge is -2.23. The molecule has 1 amide bonds. The minimum Gasteiger partial charge on any atom is -0.489 e. The van der Waals surface area contributed by atoms with E-state index in [4.69, 9.17) is 9.47 Å². The van der Waals surface area contributed by atoms with E-state index in [1.165, 1.54) is 0 Å². The Bertz CT molecular complexity index is 573. The van der Waals surface area contributed by atoms with Gasteiger partial charge in [-0.2, -0.15) is 0 Å². The third-order valence-corrected chi connectivity index (χ3v) is 5.05. The monoisotopic (exact) mass is 354 g/mol. The number of hydrogen-bond donors (Lipinski definition) is 2. The lowest BCUT2D eigenvalue weighted by Crippen LogP contribution is -2.31. The number of nitrogens with one attached hydrogen (secondary N) is 2. The van der Waals surface area contributed by atoms with E-state index in [2.05, 4.69) is 10.6 Å². The number of anilines is 1. The predicted octanol–water partition coefficient (Wildman–Crippen LogP) is 2.77. The molecule has 1 heterocycles. The van der Waals surface area contributed by atoms with Gasteiger partial charge in [-0.1, -0.05) is 6.07 Å². The van der Waals surface area contributed by atoms with Crippen molar-refractivity contribution in [1.29, 1.82) is 0 Å². The number of piperidine rings is 1. The molecule has 1 aliphatic carbocycles. The van der Waals surface area contributed by atoms with Crippen molar-refractivity contribution >= 4 is 24.0 Å². The van der Waals surface area contributed by atoms with E-state index in [-0.39, 0.29) is 29.6 Å². The number of benzene rings is 1. The average Bonchev–Trinajstić information content (AvgIpc) is 3.24. The summed E-state index contributed by atoms with van der Waals surface area (Å²) in [4.78, 5) is 12.6. The second-order valence-corrected chi connectivity index (χ2v) is 6.70. The number of carbonyl (C=O) groups excluding carboxylic acids is 1.